The Hall–Kier alpha value is -1.60. The van der Waals surface area contributed by atoms with Crippen LogP contribution in [0.15, 0.2) is 24.3 Å². The lowest BCUT2D eigenvalue weighted by Gasteiger charge is -2.26. The van der Waals surface area contributed by atoms with Crippen molar-refractivity contribution in [1.82, 2.24) is 5.32 Å². The standard InChI is InChI=1S/C12H14F3NO3/c1-11(6-17,7-18)16-10(19)8-3-2-4-9(5-8)12(13,14)15/h2-5,17-18H,6-7H2,1H3,(H,16,19). The van der Waals surface area contributed by atoms with Crippen LogP contribution in [0.2, 0.25) is 0 Å². The van der Waals surface area contributed by atoms with Crippen molar-refractivity contribution in [2.45, 2.75) is 18.6 Å². The molecule has 7 heteroatoms. The van der Waals surface area contributed by atoms with E-state index in [1.807, 2.05) is 0 Å². The monoisotopic (exact) mass is 277 g/mol. The molecule has 0 bridgehead atoms. The highest BCUT2D eigenvalue weighted by Crippen LogP contribution is 2.29. The summed E-state index contributed by atoms with van der Waals surface area (Å²) in [6.45, 7) is 0.306. The number of halogens is 3. The number of aliphatic hydroxyl groups is 2. The Labute approximate surface area is 107 Å². The Kier molecular flexibility index (Phi) is 4.54. The van der Waals surface area contributed by atoms with Crippen LogP contribution in [0.1, 0.15) is 22.8 Å². The van der Waals surface area contributed by atoms with E-state index >= 15 is 0 Å². The Balaban J connectivity index is 2.95. The third kappa shape index (κ3) is 3.93. The van der Waals surface area contributed by atoms with Crippen molar-refractivity contribution < 1.29 is 28.2 Å². The number of nitrogens with one attached hydrogen (secondary N) is 1. The first-order chi connectivity index (χ1) is 8.72. The van der Waals surface area contributed by atoms with Gasteiger partial charge in [0.15, 0.2) is 0 Å². The van der Waals surface area contributed by atoms with Crippen LogP contribution < -0.4 is 5.32 Å². The largest absolute Gasteiger partial charge is 0.416 e. The van der Waals surface area contributed by atoms with Crippen LogP contribution in [0.3, 0.4) is 0 Å². The third-order valence-corrected chi connectivity index (χ3v) is 2.57. The van der Waals surface area contributed by atoms with Gasteiger partial charge in [-0.1, -0.05) is 6.07 Å². The molecule has 0 fully saturated rings. The molecule has 0 aliphatic heterocycles. The van der Waals surface area contributed by atoms with Gasteiger partial charge in [-0.25, -0.2) is 0 Å². The van der Waals surface area contributed by atoms with Crippen molar-refractivity contribution in [3.05, 3.63) is 35.4 Å². The van der Waals surface area contributed by atoms with Crippen LogP contribution in [0.25, 0.3) is 0 Å². The lowest BCUT2D eigenvalue weighted by molar-refractivity contribution is -0.137. The molecule has 0 atom stereocenters. The van der Waals surface area contributed by atoms with Crippen molar-refractivity contribution in [3.8, 4) is 0 Å². The van der Waals surface area contributed by atoms with Gasteiger partial charge in [0, 0.05) is 5.56 Å². The highest BCUT2D eigenvalue weighted by atomic mass is 19.4. The summed E-state index contributed by atoms with van der Waals surface area (Å²) in [5, 5.41) is 20.3. The van der Waals surface area contributed by atoms with Crippen LogP contribution in [0, 0.1) is 0 Å². The number of amides is 1. The van der Waals surface area contributed by atoms with Crippen LogP contribution in [-0.4, -0.2) is 34.9 Å². The first-order valence-corrected chi connectivity index (χ1v) is 5.43. The second kappa shape index (κ2) is 5.58. The van der Waals surface area contributed by atoms with E-state index in [4.69, 9.17) is 10.2 Å². The molecule has 0 aliphatic rings. The Bertz CT molecular complexity index is 456. The Morgan fingerprint density at radius 2 is 1.84 bits per heavy atom. The van der Waals surface area contributed by atoms with E-state index in [-0.39, 0.29) is 5.56 Å². The lowest BCUT2D eigenvalue weighted by atomic mass is 10.0. The van der Waals surface area contributed by atoms with Crippen molar-refractivity contribution in [2.24, 2.45) is 0 Å². The molecule has 0 aromatic heterocycles. The van der Waals surface area contributed by atoms with Gasteiger partial charge in [0.25, 0.3) is 5.91 Å². The van der Waals surface area contributed by atoms with Crippen molar-refractivity contribution in [3.63, 3.8) is 0 Å². The van der Waals surface area contributed by atoms with E-state index in [0.29, 0.717) is 6.07 Å². The number of hydrogen-bond donors (Lipinski definition) is 3. The fourth-order valence-electron chi connectivity index (χ4n) is 1.31. The summed E-state index contributed by atoms with van der Waals surface area (Å²) in [4.78, 5) is 11.8. The molecule has 0 aliphatic carbocycles. The predicted molar refractivity (Wildman–Crippen MR) is 61.5 cm³/mol. The average molecular weight is 277 g/mol. The van der Waals surface area contributed by atoms with Crippen LogP contribution in [0.5, 0.6) is 0 Å². The van der Waals surface area contributed by atoms with Gasteiger partial charge >= 0.3 is 6.18 Å². The summed E-state index contributed by atoms with van der Waals surface area (Å²) in [5.74, 6) is -0.795. The number of hydrogen-bond acceptors (Lipinski definition) is 3. The molecular formula is C12H14F3NO3. The van der Waals surface area contributed by atoms with Crippen molar-refractivity contribution in [2.75, 3.05) is 13.2 Å². The molecular weight excluding hydrogens is 263 g/mol. The van der Waals surface area contributed by atoms with Gasteiger partial charge in [-0.3, -0.25) is 4.79 Å². The highest BCUT2D eigenvalue weighted by molar-refractivity contribution is 5.94. The molecule has 4 nitrogen and oxygen atoms in total. The van der Waals surface area contributed by atoms with E-state index in [1.165, 1.54) is 13.0 Å². The maximum atomic E-state index is 12.5. The molecule has 0 saturated carbocycles. The summed E-state index contributed by atoms with van der Waals surface area (Å²) >= 11 is 0. The molecule has 0 heterocycles. The van der Waals surface area contributed by atoms with E-state index in [0.717, 1.165) is 12.1 Å². The molecule has 3 N–H and O–H groups in total. The van der Waals surface area contributed by atoms with Gasteiger partial charge in [-0.05, 0) is 25.1 Å². The van der Waals surface area contributed by atoms with Crippen LogP contribution >= 0.6 is 0 Å². The van der Waals surface area contributed by atoms with Gasteiger partial charge in [0.05, 0.1) is 24.3 Å². The molecule has 106 valence electrons. The zero-order chi connectivity index (χ0) is 14.7. The van der Waals surface area contributed by atoms with Gasteiger partial charge in [-0.2, -0.15) is 13.2 Å². The SMILES string of the molecule is CC(CO)(CO)NC(=O)c1cccc(C(F)(F)F)c1. The number of carbonyl (C=O) groups is 1. The molecule has 0 saturated heterocycles. The number of alkyl halides is 3. The molecule has 1 rings (SSSR count). The smallest absolute Gasteiger partial charge is 0.394 e. The van der Waals surface area contributed by atoms with Gasteiger partial charge < -0.3 is 15.5 Å². The maximum Gasteiger partial charge on any atom is 0.416 e. The second-order valence-corrected chi connectivity index (χ2v) is 4.41. The summed E-state index contributed by atoms with van der Waals surface area (Å²) in [7, 11) is 0. The van der Waals surface area contributed by atoms with Gasteiger partial charge in [0.2, 0.25) is 0 Å². The molecule has 1 amide bonds. The highest BCUT2D eigenvalue weighted by Gasteiger charge is 2.31. The lowest BCUT2D eigenvalue weighted by Crippen LogP contribution is -2.51. The quantitative estimate of drug-likeness (QED) is 0.774. The summed E-state index contributed by atoms with van der Waals surface area (Å²) < 4.78 is 37.5. The summed E-state index contributed by atoms with van der Waals surface area (Å²) in [6, 6.07) is 3.91. The van der Waals surface area contributed by atoms with Gasteiger partial charge in [0.1, 0.15) is 0 Å². The first-order valence-electron chi connectivity index (χ1n) is 5.43. The molecule has 1 aromatic rings. The van der Waals surface area contributed by atoms with Crippen LogP contribution in [-0.2, 0) is 6.18 Å². The normalized spacial score (nSPS) is 12.3. The van der Waals surface area contributed by atoms with E-state index in [9.17, 15) is 18.0 Å². The topological polar surface area (TPSA) is 69.6 Å². The van der Waals surface area contributed by atoms with Crippen molar-refractivity contribution >= 4 is 5.91 Å². The van der Waals surface area contributed by atoms with E-state index < -0.39 is 36.4 Å². The molecule has 19 heavy (non-hydrogen) atoms. The molecule has 0 spiro atoms. The minimum Gasteiger partial charge on any atom is -0.394 e. The fourth-order valence-corrected chi connectivity index (χ4v) is 1.31. The average Bonchev–Trinajstić information content (AvgIpc) is 2.37. The first kappa shape index (κ1) is 15.5. The number of benzene rings is 1. The van der Waals surface area contributed by atoms with Gasteiger partial charge in [-0.15, -0.1) is 0 Å². The molecule has 0 unspecified atom stereocenters. The zero-order valence-corrected chi connectivity index (χ0v) is 10.2. The fraction of sp³-hybridized carbons (Fsp3) is 0.417. The summed E-state index contributed by atoms with van der Waals surface area (Å²) in [5.41, 5.74) is -2.41. The number of carbonyl (C=O) groups excluding carboxylic acids is 1. The van der Waals surface area contributed by atoms with E-state index in [2.05, 4.69) is 5.32 Å². The maximum absolute atomic E-state index is 12.5. The third-order valence-electron chi connectivity index (χ3n) is 2.57. The number of rotatable bonds is 4. The minimum absolute atomic E-state index is 0.192. The molecule has 1 aromatic carbocycles. The molecule has 0 radical (unpaired) electrons. The summed E-state index contributed by atoms with van der Waals surface area (Å²) in [6.07, 6.45) is -4.53. The predicted octanol–water partition coefficient (Wildman–Crippen LogP) is 1.18. The number of aliphatic hydroxyl groups excluding tert-OH is 2. The van der Waals surface area contributed by atoms with E-state index in [1.54, 1.807) is 0 Å². The Morgan fingerprint density at radius 1 is 1.26 bits per heavy atom. The van der Waals surface area contributed by atoms with Crippen LogP contribution in [0.4, 0.5) is 13.2 Å². The zero-order valence-electron chi connectivity index (χ0n) is 10.2. The minimum atomic E-state index is -4.53. The van der Waals surface area contributed by atoms with Crippen molar-refractivity contribution in [1.29, 1.82) is 0 Å². The second-order valence-electron chi connectivity index (χ2n) is 4.41. The Morgan fingerprint density at radius 3 is 2.32 bits per heavy atom.